The molecule has 7 nitrogen and oxygen atoms in total. The van der Waals surface area contributed by atoms with E-state index in [2.05, 4.69) is 11.4 Å². The van der Waals surface area contributed by atoms with Crippen molar-refractivity contribution in [2.24, 2.45) is 0 Å². The number of halogens is 1. The molecule has 1 aromatic carbocycles. The zero-order chi connectivity index (χ0) is 22.1. The van der Waals surface area contributed by atoms with E-state index in [9.17, 15) is 14.0 Å². The molecule has 2 N–H and O–H groups in total. The molecule has 0 atom stereocenters. The highest BCUT2D eigenvalue weighted by Gasteiger charge is 2.43. The number of carboxylic acid groups (broad SMARTS) is 1. The summed E-state index contributed by atoms with van der Waals surface area (Å²) in [6.07, 6.45) is 7.09. The van der Waals surface area contributed by atoms with E-state index >= 15 is 0 Å². The summed E-state index contributed by atoms with van der Waals surface area (Å²) in [5.41, 5.74) is 0.667. The summed E-state index contributed by atoms with van der Waals surface area (Å²) in [6.45, 7) is 0.774. The zero-order valence-electron chi connectivity index (χ0n) is 17.6. The molecular formula is C22H30FN3O4. The van der Waals surface area contributed by atoms with Crippen molar-refractivity contribution >= 4 is 24.0 Å². The average molecular weight is 419 g/mol. The van der Waals surface area contributed by atoms with Gasteiger partial charge in [0.25, 0.3) is 6.47 Å². The van der Waals surface area contributed by atoms with Crippen molar-refractivity contribution in [1.82, 2.24) is 9.80 Å². The summed E-state index contributed by atoms with van der Waals surface area (Å²) in [4.78, 5) is 37.5. The highest BCUT2D eigenvalue weighted by atomic mass is 19.1. The predicted molar refractivity (Wildman–Crippen MR) is 113 cm³/mol. The van der Waals surface area contributed by atoms with Crippen molar-refractivity contribution in [1.29, 1.82) is 0 Å². The zero-order valence-corrected chi connectivity index (χ0v) is 17.6. The van der Waals surface area contributed by atoms with Crippen LogP contribution in [0.25, 0.3) is 0 Å². The van der Waals surface area contributed by atoms with Crippen LogP contribution >= 0.6 is 0 Å². The van der Waals surface area contributed by atoms with Gasteiger partial charge in [0.1, 0.15) is 11.4 Å². The first-order valence-corrected chi connectivity index (χ1v) is 10.1. The van der Waals surface area contributed by atoms with Gasteiger partial charge >= 0.3 is 0 Å². The molecule has 2 aliphatic rings. The van der Waals surface area contributed by atoms with Crippen LogP contribution in [-0.2, 0) is 14.4 Å². The van der Waals surface area contributed by atoms with Gasteiger partial charge in [-0.3, -0.25) is 14.4 Å². The maximum absolute atomic E-state index is 13.6. The van der Waals surface area contributed by atoms with Gasteiger partial charge in [-0.1, -0.05) is 12.1 Å². The molecule has 30 heavy (non-hydrogen) atoms. The van der Waals surface area contributed by atoms with Gasteiger partial charge in [0.2, 0.25) is 11.8 Å². The summed E-state index contributed by atoms with van der Waals surface area (Å²) in [7, 11) is 3.45. The number of carbonyl (C=O) groups excluding carboxylic acids is 2. The molecule has 1 aliphatic heterocycles. The van der Waals surface area contributed by atoms with E-state index in [0.717, 1.165) is 31.3 Å². The van der Waals surface area contributed by atoms with Crippen molar-refractivity contribution in [3.8, 4) is 0 Å². The third-order valence-electron chi connectivity index (χ3n) is 5.49. The number of likely N-dealkylation sites (N-methyl/N-ethyl adjacent to an activating group) is 1. The molecule has 8 heteroatoms. The monoisotopic (exact) mass is 419 g/mol. The first-order valence-electron chi connectivity index (χ1n) is 10.1. The van der Waals surface area contributed by atoms with Crippen LogP contribution in [0.1, 0.15) is 38.5 Å². The van der Waals surface area contributed by atoms with Crippen molar-refractivity contribution < 1.29 is 23.9 Å². The fourth-order valence-electron chi connectivity index (χ4n) is 3.99. The predicted octanol–water partition coefficient (Wildman–Crippen LogP) is 2.89. The van der Waals surface area contributed by atoms with E-state index in [4.69, 9.17) is 9.90 Å². The normalized spacial score (nSPS) is 17.7. The number of likely N-dealkylation sites (tertiary alicyclic amines) is 1. The number of carbonyl (C=O) groups is 3. The summed E-state index contributed by atoms with van der Waals surface area (Å²) in [6, 6.07) is 6.16. The van der Waals surface area contributed by atoms with Crippen LogP contribution in [0, 0.1) is 5.82 Å². The van der Waals surface area contributed by atoms with E-state index in [-0.39, 0.29) is 24.1 Å². The summed E-state index contributed by atoms with van der Waals surface area (Å²) >= 11 is 0. The quantitative estimate of drug-likeness (QED) is 0.733. The second kappa shape index (κ2) is 10.8. The highest BCUT2D eigenvalue weighted by molar-refractivity contribution is 5.94. The molecule has 3 rings (SSSR count). The second-order valence-electron chi connectivity index (χ2n) is 7.79. The van der Waals surface area contributed by atoms with Crippen LogP contribution in [0.15, 0.2) is 35.9 Å². The molecule has 0 saturated carbocycles. The number of benzene rings is 1. The number of piperidine rings is 1. The number of allylic oxidation sites excluding steroid dienone is 1. The summed E-state index contributed by atoms with van der Waals surface area (Å²) in [5.74, 6) is -0.286. The van der Waals surface area contributed by atoms with E-state index < -0.39 is 5.54 Å². The lowest BCUT2D eigenvalue weighted by Crippen LogP contribution is -2.58. The van der Waals surface area contributed by atoms with E-state index in [1.54, 1.807) is 31.1 Å². The van der Waals surface area contributed by atoms with Crippen LogP contribution < -0.4 is 5.32 Å². The molecule has 0 bridgehead atoms. The Hall–Kier alpha value is -2.90. The fraction of sp³-hybridized carbons (Fsp3) is 0.500. The number of anilines is 1. The minimum atomic E-state index is -0.824. The summed E-state index contributed by atoms with van der Waals surface area (Å²) < 4.78 is 13.6. The number of nitrogens with zero attached hydrogens (tertiary/aromatic N) is 2. The molecule has 0 aromatic heterocycles. The Morgan fingerprint density at radius 1 is 1.23 bits per heavy atom. The highest BCUT2D eigenvalue weighted by Crippen LogP contribution is 2.30. The number of nitrogens with one attached hydrogen (secondary N) is 1. The molecule has 1 fully saturated rings. The number of rotatable bonds is 4. The lowest BCUT2D eigenvalue weighted by Gasteiger charge is -2.43. The van der Waals surface area contributed by atoms with Crippen LogP contribution in [0.5, 0.6) is 0 Å². The number of amides is 2. The second-order valence-corrected chi connectivity index (χ2v) is 7.79. The van der Waals surface area contributed by atoms with Gasteiger partial charge < -0.3 is 20.2 Å². The van der Waals surface area contributed by atoms with Crippen LogP contribution in [0.3, 0.4) is 0 Å². The Kier molecular flexibility index (Phi) is 8.38. The first-order chi connectivity index (χ1) is 14.3. The molecule has 1 saturated heterocycles. The van der Waals surface area contributed by atoms with Crippen LogP contribution in [0.4, 0.5) is 10.1 Å². The van der Waals surface area contributed by atoms with Crippen molar-refractivity contribution in [2.75, 3.05) is 32.5 Å². The Bertz CT molecular complexity index is 786. The Morgan fingerprint density at radius 2 is 1.90 bits per heavy atom. The van der Waals surface area contributed by atoms with Gasteiger partial charge in [0, 0.05) is 38.4 Å². The van der Waals surface area contributed by atoms with E-state index in [1.807, 2.05) is 4.90 Å². The molecule has 1 aliphatic carbocycles. The van der Waals surface area contributed by atoms with E-state index in [1.165, 1.54) is 12.1 Å². The number of hydrogen-bond acceptors (Lipinski definition) is 4. The molecular weight excluding hydrogens is 389 g/mol. The Labute approximate surface area is 176 Å². The molecule has 0 unspecified atom stereocenters. The lowest BCUT2D eigenvalue weighted by molar-refractivity contribution is -0.138. The lowest BCUT2D eigenvalue weighted by atomic mass is 9.85. The van der Waals surface area contributed by atoms with Gasteiger partial charge in [0.05, 0.1) is 0 Å². The third kappa shape index (κ3) is 5.81. The van der Waals surface area contributed by atoms with Crippen LogP contribution in [0.2, 0.25) is 0 Å². The van der Waals surface area contributed by atoms with Gasteiger partial charge in [-0.25, -0.2) is 4.39 Å². The van der Waals surface area contributed by atoms with Gasteiger partial charge in [-0.2, -0.15) is 0 Å². The van der Waals surface area contributed by atoms with Crippen molar-refractivity contribution in [3.05, 3.63) is 41.7 Å². The molecule has 1 heterocycles. The standard InChI is InChI=1S/C21H28FN3O2.CH2O2/c1-24(2)20(27)21(23-18-10-6-9-17(22)15-18)11-13-25(14-12-21)19(26)16-7-4-3-5-8-16;2-1-3/h6-7,9-10,15,23H,3-5,8,11-14H2,1-2H3;1H,(H,2,3). The SMILES string of the molecule is CN(C)C(=O)C1(Nc2cccc(F)c2)CCN(C(=O)C2=CCCCC2)CC1.O=CO. The Balaban J connectivity index is 0.00000101. The molecule has 2 amide bonds. The Morgan fingerprint density at radius 3 is 2.43 bits per heavy atom. The van der Waals surface area contributed by atoms with Crippen molar-refractivity contribution in [2.45, 2.75) is 44.1 Å². The summed E-state index contributed by atoms with van der Waals surface area (Å²) in [5, 5.41) is 10.2. The minimum Gasteiger partial charge on any atom is -0.483 e. The topological polar surface area (TPSA) is 90.0 Å². The smallest absolute Gasteiger partial charge is 0.290 e. The largest absolute Gasteiger partial charge is 0.483 e. The molecule has 164 valence electrons. The first kappa shape index (κ1) is 23.4. The maximum Gasteiger partial charge on any atom is 0.290 e. The molecule has 1 aromatic rings. The average Bonchev–Trinajstić information content (AvgIpc) is 2.74. The molecule has 0 spiro atoms. The van der Waals surface area contributed by atoms with E-state index in [0.29, 0.717) is 31.6 Å². The van der Waals surface area contributed by atoms with Gasteiger partial charge in [-0.15, -0.1) is 0 Å². The minimum absolute atomic E-state index is 0.0456. The van der Waals surface area contributed by atoms with Crippen LogP contribution in [-0.4, -0.2) is 65.9 Å². The van der Waals surface area contributed by atoms with Gasteiger partial charge in [0.15, 0.2) is 0 Å². The fourth-order valence-corrected chi connectivity index (χ4v) is 3.99. The van der Waals surface area contributed by atoms with Crippen molar-refractivity contribution in [3.63, 3.8) is 0 Å². The third-order valence-corrected chi connectivity index (χ3v) is 5.49. The maximum atomic E-state index is 13.6. The number of hydrogen-bond donors (Lipinski definition) is 2. The van der Waals surface area contributed by atoms with Gasteiger partial charge in [-0.05, 0) is 56.7 Å². The molecule has 0 radical (unpaired) electrons.